The Kier molecular flexibility index (Phi) is 4.60. The third kappa shape index (κ3) is 3.12. The molecule has 1 fully saturated rings. The monoisotopic (exact) mass is 439 g/mol. The molecule has 9 nitrogen and oxygen atoms in total. The first-order chi connectivity index (χ1) is 14.9. The molecule has 1 aliphatic carbocycles. The number of fused-ring (bicyclic) bond motifs is 1. The zero-order valence-electron chi connectivity index (χ0n) is 16.7. The van der Waals surface area contributed by atoms with E-state index in [9.17, 15) is 4.79 Å². The first-order valence-electron chi connectivity index (χ1n) is 10.1. The number of rotatable bonds is 3. The van der Waals surface area contributed by atoms with Crippen LogP contribution >= 0.6 is 11.6 Å². The molecule has 160 valence electrons. The van der Waals surface area contributed by atoms with Gasteiger partial charge in [-0.2, -0.15) is 4.98 Å². The zero-order valence-corrected chi connectivity index (χ0v) is 17.4. The minimum Gasteiger partial charge on any atom is -0.469 e. The molecule has 2 atom stereocenters. The van der Waals surface area contributed by atoms with Crippen LogP contribution in [0.25, 0.3) is 0 Å². The Hall–Kier alpha value is -3.17. The number of anilines is 2. The topological polar surface area (TPSA) is 146 Å². The summed E-state index contributed by atoms with van der Waals surface area (Å²) in [6.45, 7) is 1.17. The molecule has 2 unspecified atom stereocenters. The highest BCUT2D eigenvalue weighted by atomic mass is 35.5. The van der Waals surface area contributed by atoms with Crippen LogP contribution < -0.4 is 26.8 Å². The van der Waals surface area contributed by atoms with Crippen molar-refractivity contribution in [3.8, 4) is 5.88 Å². The molecule has 2 aromatic rings. The average molecular weight is 440 g/mol. The number of piperidine rings is 1. The summed E-state index contributed by atoms with van der Waals surface area (Å²) in [5, 5.41) is 0.533. The molecular formula is C21H22ClN7O2. The minimum atomic E-state index is -0.675. The van der Waals surface area contributed by atoms with E-state index in [0.717, 1.165) is 5.56 Å². The molecule has 2 aromatic heterocycles. The number of allylic oxidation sites excluding steroid dienone is 4. The smallest absolute Gasteiger partial charge is 0.267 e. The lowest BCUT2D eigenvalue weighted by atomic mass is 9.83. The van der Waals surface area contributed by atoms with Gasteiger partial charge in [-0.05, 0) is 12.1 Å². The van der Waals surface area contributed by atoms with Crippen molar-refractivity contribution in [1.29, 1.82) is 0 Å². The lowest BCUT2D eigenvalue weighted by Gasteiger charge is -2.40. The Labute approximate surface area is 183 Å². The first-order valence-corrected chi connectivity index (χ1v) is 10.4. The van der Waals surface area contributed by atoms with Gasteiger partial charge in [-0.3, -0.25) is 4.79 Å². The molecule has 1 saturated heterocycles. The summed E-state index contributed by atoms with van der Waals surface area (Å²) in [5.74, 6) is 0.0886. The van der Waals surface area contributed by atoms with E-state index in [1.54, 1.807) is 18.3 Å². The lowest BCUT2D eigenvalue weighted by Crippen LogP contribution is -2.52. The van der Waals surface area contributed by atoms with Crippen molar-refractivity contribution in [3.63, 3.8) is 0 Å². The standard InChI is InChI=1S/C21H22ClN7O2/c22-13-5-1-3-11(13)14-15(18(25)30)27-20(28-17(14)24)29-9-6-21(7-10-29)16(23)12-4-2-8-26-19(12)31-21/h1-5,8,11,16H,6-7,9-10,23H2,(H2,25,30)(H2,24,27,28). The highest BCUT2D eigenvalue weighted by molar-refractivity contribution is 6.31. The van der Waals surface area contributed by atoms with Crippen molar-refractivity contribution in [2.24, 2.45) is 11.5 Å². The number of hydrogen-bond donors (Lipinski definition) is 3. The van der Waals surface area contributed by atoms with Crippen molar-refractivity contribution in [2.45, 2.75) is 30.4 Å². The van der Waals surface area contributed by atoms with Crippen molar-refractivity contribution in [3.05, 3.63) is 58.4 Å². The van der Waals surface area contributed by atoms with Gasteiger partial charge in [0.2, 0.25) is 11.8 Å². The maximum atomic E-state index is 12.2. The highest BCUT2D eigenvalue weighted by Gasteiger charge is 2.49. The molecule has 0 aromatic carbocycles. The lowest BCUT2D eigenvalue weighted by molar-refractivity contribution is 0.0396. The fourth-order valence-electron chi connectivity index (χ4n) is 4.56. The van der Waals surface area contributed by atoms with E-state index in [1.165, 1.54) is 0 Å². The molecule has 1 spiro atoms. The van der Waals surface area contributed by atoms with Gasteiger partial charge in [0.05, 0.1) is 6.04 Å². The van der Waals surface area contributed by atoms with Gasteiger partial charge in [-0.25, -0.2) is 9.97 Å². The van der Waals surface area contributed by atoms with Gasteiger partial charge in [0.25, 0.3) is 5.91 Å². The van der Waals surface area contributed by atoms with Crippen LogP contribution in [0.5, 0.6) is 5.88 Å². The maximum Gasteiger partial charge on any atom is 0.267 e. The third-order valence-electron chi connectivity index (χ3n) is 6.26. The quantitative estimate of drug-likeness (QED) is 0.655. The van der Waals surface area contributed by atoms with Gasteiger partial charge in [0.1, 0.15) is 17.1 Å². The summed E-state index contributed by atoms with van der Waals surface area (Å²) >= 11 is 6.27. The van der Waals surface area contributed by atoms with Gasteiger partial charge in [-0.1, -0.05) is 29.8 Å². The van der Waals surface area contributed by atoms with E-state index >= 15 is 0 Å². The molecule has 3 aliphatic rings. The zero-order chi connectivity index (χ0) is 21.8. The molecule has 5 rings (SSSR count). The van der Waals surface area contributed by atoms with Crippen LogP contribution in [-0.2, 0) is 0 Å². The first kappa shape index (κ1) is 19.8. The number of hydrogen-bond acceptors (Lipinski definition) is 8. The third-order valence-corrected chi connectivity index (χ3v) is 6.62. The summed E-state index contributed by atoms with van der Waals surface area (Å²) in [5.41, 5.74) is 19.3. The number of primary amides is 1. The molecule has 4 heterocycles. The average Bonchev–Trinajstić information content (AvgIpc) is 3.29. The molecular weight excluding hydrogens is 418 g/mol. The van der Waals surface area contributed by atoms with E-state index in [0.29, 0.717) is 48.4 Å². The van der Waals surface area contributed by atoms with E-state index < -0.39 is 11.5 Å². The predicted molar refractivity (Wildman–Crippen MR) is 117 cm³/mol. The normalized spacial score (nSPS) is 23.5. The molecule has 1 amide bonds. The minimum absolute atomic E-state index is 0.0799. The van der Waals surface area contributed by atoms with Gasteiger partial charge in [0, 0.05) is 54.2 Å². The number of aromatic nitrogens is 3. The summed E-state index contributed by atoms with van der Waals surface area (Å²) < 4.78 is 6.19. The summed E-state index contributed by atoms with van der Waals surface area (Å²) in [6.07, 6.45) is 8.38. The molecule has 2 aliphatic heterocycles. The Morgan fingerprint density at radius 2 is 2.06 bits per heavy atom. The van der Waals surface area contributed by atoms with Gasteiger partial charge < -0.3 is 26.8 Å². The molecule has 6 N–H and O–H groups in total. The fraction of sp³-hybridized carbons (Fsp3) is 0.333. The van der Waals surface area contributed by atoms with Crippen LogP contribution in [0, 0.1) is 0 Å². The van der Waals surface area contributed by atoms with Crippen molar-refractivity contribution >= 4 is 29.3 Å². The summed E-state index contributed by atoms with van der Waals surface area (Å²) in [7, 11) is 0. The number of nitrogens with zero attached hydrogens (tertiary/aromatic N) is 4. The number of carbonyl (C=O) groups is 1. The molecule has 31 heavy (non-hydrogen) atoms. The fourth-order valence-corrected chi connectivity index (χ4v) is 4.82. The van der Waals surface area contributed by atoms with Crippen LogP contribution in [0.3, 0.4) is 0 Å². The molecule has 0 bridgehead atoms. The van der Waals surface area contributed by atoms with Crippen LogP contribution in [0.2, 0.25) is 0 Å². The highest BCUT2D eigenvalue weighted by Crippen LogP contribution is 2.46. The van der Waals surface area contributed by atoms with E-state index in [4.69, 9.17) is 33.5 Å². The number of nitrogen functional groups attached to an aromatic ring is 1. The van der Waals surface area contributed by atoms with Crippen LogP contribution in [0.1, 0.15) is 46.4 Å². The van der Waals surface area contributed by atoms with Crippen LogP contribution in [0.15, 0.2) is 41.6 Å². The number of halogens is 1. The summed E-state index contributed by atoms with van der Waals surface area (Å²) in [6, 6.07) is 3.56. The Balaban J connectivity index is 1.41. The molecule has 10 heteroatoms. The number of amides is 1. The Morgan fingerprint density at radius 3 is 2.71 bits per heavy atom. The largest absolute Gasteiger partial charge is 0.469 e. The second-order valence-corrected chi connectivity index (χ2v) is 8.42. The maximum absolute atomic E-state index is 12.2. The van der Waals surface area contributed by atoms with Gasteiger partial charge >= 0.3 is 0 Å². The van der Waals surface area contributed by atoms with Gasteiger partial charge in [0.15, 0.2) is 0 Å². The SMILES string of the molecule is NC(=O)c1nc(N2CCC3(CC2)Oc2ncccc2C3N)nc(N)c1C1C=CC=C1Cl. The number of ether oxygens (including phenoxy) is 1. The van der Waals surface area contributed by atoms with Gasteiger partial charge in [-0.15, -0.1) is 0 Å². The Morgan fingerprint density at radius 1 is 1.29 bits per heavy atom. The van der Waals surface area contributed by atoms with Crippen molar-refractivity contribution < 1.29 is 9.53 Å². The number of carbonyl (C=O) groups excluding carboxylic acids is 1. The summed E-state index contributed by atoms with van der Waals surface area (Å²) in [4.78, 5) is 27.4. The van der Waals surface area contributed by atoms with Crippen LogP contribution in [0.4, 0.5) is 11.8 Å². The molecule has 0 saturated carbocycles. The number of nitrogens with two attached hydrogens (primary N) is 3. The van der Waals surface area contributed by atoms with E-state index in [-0.39, 0.29) is 23.5 Å². The Bertz CT molecular complexity index is 1120. The predicted octanol–water partition coefficient (Wildman–Crippen LogP) is 1.76. The van der Waals surface area contributed by atoms with E-state index in [2.05, 4.69) is 15.0 Å². The number of pyridine rings is 1. The molecule has 0 radical (unpaired) electrons. The van der Waals surface area contributed by atoms with Crippen LogP contribution in [-0.4, -0.2) is 39.5 Å². The second kappa shape index (κ2) is 7.21. The van der Waals surface area contributed by atoms with E-state index in [1.807, 2.05) is 23.1 Å². The van der Waals surface area contributed by atoms with Crippen molar-refractivity contribution in [2.75, 3.05) is 23.7 Å². The second-order valence-electron chi connectivity index (χ2n) is 7.98. The van der Waals surface area contributed by atoms with Crippen molar-refractivity contribution in [1.82, 2.24) is 15.0 Å².